The third kappa shape index (κ3) is 4.03. The molecule has 0 aliphatic carbocycles. The SMILES string of the molecule is COc1cccc(CNC(=O)CN2CC(C)Sc3ccccc32)c1. The van der Waals surface area contributed by atoms with Gasteiger partial charge in [0, 0.05) is 23.2 Å². The van der Waals surface area contributed by atoms with Crippen molar-refractivity contribution in [3.8, 4) is 5.75 Å². The highest BCUT2D eigenvalue weighted by atomic mass is 32.2. The fraction of sp³-hybridized carbons (Fsp3) is 0.316. The summed E-state index contributed by atoms with van der Waals surface area (Å²) in [7, 11) is 1.64. The molecule has 1 unspecified atom stereocenters. The number of carbonyl (C=O) groups is 1. The number of amides is 1. The van der Waals surface area contributed by atoms with Crippen molar-refractivity contribution in [2.24, 2.45) is 0 Å². The van der Waals surface area contributed by atoms with Crippen molar-refractivity contribution in [2.45, 2.75) is 23.6 Å². The first-order chi connectivity index (χ1) is 11.7. The van der Waals surface area contributed by atoms with E-state index >= 15 is 0 Å². The van der Waals surface area contributed by atoms with Crippen molar-refractivity contribution in [1.82, 2.24) is 5.32 Å². The predicted molar refractivity (Wildman–Crippen MR) is 98.8 cm³/mol. The number of thioether (sulfide) groups is 1. The lowest BCUT2D eigenvalue weighted by atomic mass is 10.2. The van der Waals surface area contributed by atoms with Crippen LogP contribution in [0, 0.1) is 0 Å². The number of carbonyl (C=O) groups excluding carboxylic acids is 1. The number of hydrogen-bond donors (Lipinski definition) is 1. The Balaban J connectivity index is 1.61. The Morgan fingerprint density at radius 3 is 2.96 bits per heavy atom. The molecule has 2 aromatic carbocycles. The number of fused-ring (bicyclic) bond motifs is 1. The molecule has 0 saturated heterocycles. The molecule has 1 heterocycles. The van der Waals surface area contributed by atoms with Gasteiger partial charge < -0.3 is 15.0 Å². The van der Waals surface area contributed by atoms with Gasteiger partial charge in [-0.05, 0) is 29.8 Å². The first-order valence-corrected chi connectivity index (χ1v) is 8.94. The molecule has 0 bridgehead atoms. The largest absolute Gasteiger partial charge is 0.497 e. The molecule has 0 saturated carbocycles. The molecule has 1 aliphatic heterocycles. The number of nitrogens with zero attached hydrogens (tertiary/aromatic N) is 1. The summed E-state index contributed by atoms with van der Waals surface area (Å²) in [5.41, 5.74) is 2.18. The number of anilines is 1. The summed E-state index contributed by atoms with van der Waals surface area (Å²) in [5, 5.41) is 3.48. The van der Waals surface area contributed by atoms with Gasteiger partial charge in [0.1, 0.15) is 5.75 Å². The molecule has 0 spiro atoms. The van der Waals surface area contributed by atoms with E-state index in [0.717, 1.165) is 23.5 Å². The minimum absolute atomic E-state index is 0.0340. The van der Waals surface area contributed by atoms with E-state index in [4.69, 9.17) is 4.74 Å². The van der Waals surface area contributed by atoms with Gasteiger partial charge in [-0.3, -0.25) is 4.79 Å². The maximum Gasteiger partial charge on any atom is 0.239 e. The highest BCUT2D eigenvalue weighted by Gasteiger charge is 2.23. The van der Waals surface area contributed by atoms with Crippen molar-refractivity contribution in [2.75, 3.05) is 25.1 Å². The minimum atomic E-state index is 0.0340. The molecular weight excluding hydrogens is 320 g/mol. The number of rotatable bonds is 5. The number of hydrogen-bond acceptors (Lipinski definition) is 4. The number of ether oxygens (including phenoxy) is 1. The second kappa shape index (κ2) is 7.62. The van der Waals surface area contributed by atoms with Crippen LogP contribution in [0.5, 0.6) is 5.75 Å². The maximum atomic E-state index is 12.4. The molecule has 5 heteroatoms. The van der Waals surface area contributed by atoms with Crippen LogP contribution in [0.2, 0.25) is 0 Å². The van der Waals surface area contributed by atoms with Crippen LogP contribution < -0.4 is 15.0 Å². The highest BCUT2D eigenvalue weighted by molar-refractivity contribution is 8.00. The van der Waals surface area contributed by atoms with Gasteiger partial charge in [0.15, 0.2) is 0 Å². The minimum Gasteiger partial charge on any atom is -0.497 e. The lowest BCUT2D eigenvalue weighted by Gasteiger charge is -2.33. The Morgan fingerprint density at radius 1 is 1.29 bits per heavy atom. The van der Waals surface area contributed by atoms with Gasteiger partial charge in [-0.1, -0.05) is 31.2 Å². The summed E-state index contributed by atoms with van der Waals surface area (Å²) in [6.07, 6.45) is 0. The van der Waals surface area contributed by atoms with Gasteiger partial charge >= 0.3 is 0 Å². The molecule has 4 nitrogen and oxygen atoms in total. The molecule has 0 aromatic heterocycles. The molecule has 1 amide bonds. The number of benzene rings is 2. The quantitative estimate of drug-likeness (QED) is 0.905. The van der Waals surface area contributed by atoms with E-state index in [1.54, 1.807) is 7.11 Å². The van der Waals surface area contributed by atoms with Crippen LogP contribution in [-0.4, -0.2) is 31.4 Å². The van der Waals surface area contributed by atoms with E-state index in [-0.39, 0.29) is 5.91 Å². The lowest BCUT2D eigenvalue weighted by molar-refractivity contribution is -0.119. The van der Waals surface area contributed by atoms with E-state index in [1.165, 1.54) is 4.90 Å². The Kier molecular flexibility index (Phi) is 5.30. The van der Waals surface area contributed by atoms with E-state index < -0.39 is 0 Å². The van der Waals surface area contributed by atoms with Crippen LogP contribution >= 0.6 is 11.8 Å². The molecule has 1 atom stereocenters. The zero-order chi connectivity index (χ0) is 16.9. The Labute approximate surface area is 147 Å². The number of methoxy groups -OCH3 is 1. The topological polar surface area (TPSA) is 41.6 Å². The van der Waals surface area contributed by atoms with Crippen LogP contribution in [0.3, 0.4) is 0 Å². The van der Waals surface area contributed by atoms with Crippen molar-refractivity contribution in [3.05, 3.63) is 54.1 Å². The average Bonchev–Trinajstić information content (AvgIpc) is 2.60. The van der Waals surface area contributed by atoms with Crippen LogP contribution in [0.1, 0.15) is 12.5 Å². The normalized spacial score (nSPS) is 16.4. The molecule has 126 valence electrons. The van der Waals surface area contributed by atoms with Crippen LogP contribution in [-0.2, 0) is 11.3 Å². The molecule has 0 radical (unpaired) electrons. The van der Waals surface area contributed by atoms with Crippen molar-refractivity contribution < 1.29 is 9.53 Å². The molecule has 24 heavy (non-hydrogen) atoms. The van der Waals surface area contributed by atoms with E-state index in [9.17, 15) is 4.79 Å². The van der Waals surface area contributed by atoms with Crippen LogP contribution in [0.15, 0.2) is 53.4 Å². The van der Waals surface area contributed by atoms with Gasteiger partial charge in [-0.2, -0.15) is 0 Å². The third-order valence-electron chi connectivity index (χ3n) is 3.97. The van der Waals surface area contributed by atoms with Crippen molar-refractivity contribution in [1.29, 1.82) is 0 Å². The summed E-state index contributed by atoms with van der Waals surface area (Å²) in [6.45, 7) is 3.97. The van der Waals surface area contributed by atoms with Crippen LogP contribution in [0.25, 0.3) is 0 Å². The maximum absolute atomic E-state index is 12.4. The first kappa shape index (κ1) is 16.7. The molecule has 3 rings (SSSR count). The highest BCUT2D eigenvalue weighted by Crippen LogP contribution is 2.37. The van der Waals surface area contributed by atoms with Crippen molar-refractivity contribution in [3.63, 3.8) is 0 Å². The van der Waals surface area contributed by atoms with Gasteiger partial charge in [0.25, 0.3) is 0 Å². The predicted octanol–water partition coefficient (Wildman–Crippen LogP) is 3.31. The summed E-state index contributed by atoms with van der Waals surface area (Å²) in [5.74, 6) is 0.837. The standard InChI is InChI=1S/C19H22N2O2S/c1-14-12-21(17-8-3-4-9-18(17)24-14)13-19(22)20-11-15-6-5-7-16(10-15)23-2/h3-10,14H,11-13H2,1-2H3,(H,20,22). The van der Waals surface area contributed by atoms with Crippen LogP contribution in [0.4, 0.5) is 5.69 Å². The second-order valence-corrected chi connectivity index (χ2v) is 7.39. The zero-order valence-corrected chi connectivity index (χ0v) is 14.8. The van der Waals surface area contributed by atoms with E-state index in [0.29, 0.717) is 18.3 Å². The fourth-order valence-corrected chi connectivity index (χ4v) is 4.01. The molecule has 1 aliphatic rings. The number of para-hydroxylation sites is 1. The summed E-state index contributed by atoms with van der Waals surface area (Å²) in [4.78, 5) is 15.8. The first-order valence-electron chi connectivity index (χ1n) is 8.06. The monoisotopic (exact) mass is 342 g/mol. The lowest BCUT2D eigenvalue weighted by Crippen LogP contribution is -2.41. The summed E-state index contributed by atoms with van der Waals surface area (Å²) >= 11 is 1.87. The summed E-state index contributed by atoms with van der Waals surface area (Å²) < 4.78 is 5.21. The Hall–Kier alpha value is -2.14. The number of nitrogens with one attached hydrogen (secondary N) is 1. The van der Waals surface area contributed by atoms with Gasteiger partial charge in [0.05, 0.1) is 19.3 Å². The van der Waals surface area contributed by atoms with E-state index in [1.807, 2.05) is 48.2 Å². The van der Waals surface area contributed by atoms with Gasteiger partial charge in [-0.25, -0.2) is 0 Å². The Morgan fingerprint density at radius 2 is 2.12 bits per heavy atom. The van der Waals surface area contributed by atoms with Crippen molar-refractivity contribution >= 4 is 23.4 Å². The second-order valence-electron chi connectivity index (χ2n) is 5.90. The fourth-order valence-electron chi connectivity index (χ4n) is 2.84. The molecule has 1 N–H and O–H groups in total. The van der Waals surface area contributed by atoms with E-state index in [2.05, 4.69) is 29.3 Å². The van der Waals surface area contributed by atoms with Gasteiger partial charge in [-0.15, -0.1) is 11.8 Å². The Bertz CT molecular complexity index is 720. The third-order valence-corrected chi connectivity index (χ3v) is 5.12. The zero-order valence-electron chi connectivity index (χ0n) is 14.0. The molecular formula is C19H22N2O2S. The average molecular weight is 342 g/mol. The van der Waals surface area contributed by atoms with Gasteiger partial charge in [0.2, 0.25) is 5.91 Å². The summed E-state index contributed by atoms with van der Waals surface area (Å²) in [6, 6.07) is 16.0. The molecule has 0 fully saturated rings. The molecule has 2 aromatic rings. The smallest absolute Gasteiger partial charge is 0.239 e.